The first kappa shape index (κ1) is 38.0. The van der Waals surface area contributed by atoms with E-state index < -0.39 is 46.0 Å². The summed E-state index contributed by atoms with van der Waals surface area (Å²) in [7, 11) is -4.35. The number of halogens is 1. The maximum Gasteiger partial charge on any atom is 0.326 e. The molecule has 3 aromatic rings. The van der Waals surface area contributed by atoms with Crippen LogP contribution in [0.1, 0.15) is 25.7 Å². The third kappa shape index (κ3) is 9.08. The van der Waals surface area contributed by atoms with E-state index >= 15 is 4.39 Å². The molecule has 0 spiro atoms. The molecule has 17 nitrogen and oxygen atoms in total. The number of hydrogen-bond acceptors (Lipinski definition) is 12. The number of piperidine rings is 1. The molecule has 0 bridgehead atoms. The van der Waals surface area contributed by atoms with E-state index in [2.05, 4.69) is 20.9 Å². The quantitative estimate of drug-likeness (QED) is 0.113. The number of amides is 5. The summed E-state index contributed by atoms with van der Waals surface area (Å²) in [5.41, 5.74) is 1.13. The molecule has 5 amide bonds. The zero-order chi connectivity index (χ0) is 38.4. The van der Waals surface area contributed by atoms with Gasteiger partial charge < -0.3 is 35.0 Å². The van der Waals surface area contributed by atoms with Crippen LogP contribution in [0.3, 0.4) is 0 Å². The largest absolute Gasteiger partial charge is 0.506 e. The molecule has 6 rings (SSSR count). The fourth-order valence-corrected chi connectivity index (χ4v) is 7.49. The minimum absolute atomic E-state index is 0.0326. The Hall–Kier alpha value is -5.69. The lowest BCUT2D eigenvalue weighted by molar-refractivity contribution is -0.134. The zero-order valence-corrected chi connectivity index (χ0v) is 30.0. The third-order valence-corrected chi connectivity index (χ3v) is 10.5. The highest BCUT2D eigenvalue weighted by molar-refractivity contribution is 7.92. The first-order chi connectivity index (χ1) is 25.9. The normalized spacial score (nSPS) is 18.4. The van der Waals surface area contributed by atoms with Crippen molar-refractivity contribution in [1.82, 2.24) is 20.3 Å². The molecule has 3 aliphatic heterocycles. The molecule has 3 fully saturated rings. The number of anilines is 3. The highest BCUT2D eigenvalue weighted by Crippen LogP contribution is 2.39. The molecular weight excluding hydrogens is 729 g/mol. The summed E-state index contributed by atoms with van der Waals surface area (Å²) in [6.45, 7) is 2.22. The molecule has 1 unspecified atom stereocenters. The number of carbonyl (C=O) groups excluding carboxylic acids is 5. The number of phenolic OH excluding ortho intramolecular Hbond substituents is 1. The van der Waals surface area contributed by atoms with Gasteiger partial charge in [-0.1, -0.05) is 6.07 Å². The predicted octanol–water partition coefficient (Wildman–Crippen LogP) is 0.723. The highest BCUT2D eigenvalue weighted by Gasteiger charge is 2.38. The van der Waals surface area contributed by atoms with Crippen molar-refractivity contribution in [2.24, 2.45) is 0 Å². The van der Waals surface area contributed by atoms with Crippen molar-refractivity contribution in [2.75, 3.05) is 73.6 Å². The van der Waals surface area contributed by atoms with Gasteiger partial charge in [0.1, 0.15) is 36.4 Å². The van der Waals surface area contributed by atoms with Crippen molar-refractivity contribution in [3.63, 3.8) is 0 Å². The minimum Gasteiger partial charge on any atom is -0.506 e. The second-order valence-corrected chi connectivity index (χ2v) is 14.4. The Balaban J connectivity index is 0.848. The lowest BCUT2D eigenvalue weighted by Gasteiger charge is -2.36. The van der Waals surface area contributed by atoms with Gasteiger partial charge in [0.2, 0.25) is 23.6 Å². The molecule has 288 valence electrons. The molecule has 3 aromatic carbocycles. The molecule has 5 N–H and O–H groups in total. The Morgan fingerprint density at radius 3 is 2.39 bits per heavy atom. The van der Waals surface area contributed by atoms with E-state index in [0.717, 1.165) is 11.4 Å². The smallest absolute Gasteiger partial charge is 0.326 e. The number of nitrogens with zero attached hydrogens (tertiary/aromatic N) is 3. The first-order valence-corrected chi connectivity index (χ1v) is 18.8. The second-order valence-electron chi connectivity index (χ2n) is 12.9. The number of piperazine rings is 1. The number of aromatic hydroxyl groups is 1. The van der Waals surface area contributed by atoms with Crippen molar-refractivity contribution in [3.8, 4) is 11.5 Å². The maximum atomic E-state index is 15.4. The number of carbonyl (C=O) groups is 5. The Morgan fingerprint density at radius 2 is 1.69 bits per heavy atom. The van der Waals surface area contributed by atoms with Crippen LogP contribution in [-0.4, -0.2) is 113 Å². The zero-order valence-electron chi connectivity index (χ0n) is 29.1. The van der Waals surface area contributed by atoms with Crippen LogP contribution in [0.15, 0.2) is 48.5 Å². The maximum absolute atomic E-state index is 15.4. The minimum atomic E-state index is -4.35. The lowest BCUT2D eigenvalue weighted by atomic mass is 10.1. The van der Waals surface area contributed by atoms with Crippen LogP contribution in [0.5, 0.6) is 11.5 Å². The van der Waals surface area contributed by atoms with E-state index in [1.807, 2.05) is 24.3 Å². The standard InChI is InChI=1S/C35H40FN7O10S/c36-33-26-20-25(6-1-22(26)19-28(44)34(33)43-21-31(47)40-54(43,50)51)53-18-11-37-29(45)9-16-52-17-10-32(48)42-14-12-41(13-15-42)24-4-2-23(3-5-24)38-27-7-8-30(46)39-35(27)49/h1-6,19-20,27,38,44H,7-18,21H2,(H,37,45)(H,40,47)(H,39,46,49). The molecule has 0 saturated carbocycles. The van der Waals surface area contributed by atoms with Crippen LogP contribution < -0.4 is 34.6 Å². The van der Waals surface area contributed by atoms with E-state index in [-0.39, 0.29) is 79.4 Å². The van der Waals surface area contributed by atoms with Gasteiger partial charge in [-0.25, -0.2) is 13.4 Å². The first-order valence-electron chi connectivity index (χ1n) is 17.4. The average molecular weight is 770 g/mol. The van der Waals surface area contributed by atoms with Crippen LogP contribution in [0.25, 0.3) is 10.8 Å². The molecule has 19 heteroatoms. The molecule has 54 heavy (non-hydrogen) atoms. The Bertz CT molecular complexity index is 2040. The van der Waals surface area contributed by atoms with Crippen molar-refractivity contribution in [2.45, 2.75) is 31.7 Å². The van der Waals surface area contributed by atoms with E-state index in [1.54, 1.807) is 9.62 Å². The fourth-order valence-electron chi connectivity index (χ4n) is 6.33. The number of imide groups is 1. The number of nitrogens with one attached hydrogen (secondary N) is 4. The third-order valence-electron chi connectivity index (χ3n) is 9.15. The van der Waals surface area contributed by atoms with Gasteiger partial charge in [-0.3, -0.25) is 29.3 Å². The predicted molar refractivity (Wildman–Crippen MR) is 194 cm³/mol. The van der Waals surface area contributed by atoms with E-state index in [4.69, 9.17) is 9.47 Å². The summed E-state index contributed by atoms with van der Waals surface area (Å²) in [6.07, 6.45) is 1.00. The Labute approximate surface area is 309 Å². The molecular formula is C35H40FN7O10S. The topological polar surface area (TPSA) is 216 Å². The van der Waals surface area contributed by atoms with Gasteiger partial charge in [-0.05, 0) is 54.3 Å². The SMILES string of the molecule is O=C(CCOCCC(=O)N1CCN(c2ccc(NC3CCC(=O)NC3=O)cc2)CC1)NCCOc1ccc2cc(O)c(N3CC(=O)NS3(=O)=O)c(F)c2c1. The summed E-state index contributed by atoms with van der Waals surface area (Å²) >= 11 is 0. The monoisotopic (exact) mass is 769 g/mol. The van der Waals surface area contributed by atoms with Crippen LogP contribution in [-0.2, 0) is 38.9 Å². The molecule has 0 radical (unpaired) electrons. The van der Waals surface area contributed by atoms with Crippen LogP contribution in [0.2, 0.25) is 0 Å². The number of benzene rings is 3. The van der Waals surface area contributed by atoms with Crippen molar-refractivity contribution < 1.29 is 51.4 Å². The summed E-state index contributed by atoms with van der Waals surface area (Å²) in [6, 6.07) is 12.8. The van der Waals surface area contributed by atoms with Gasteiger partial charge in [-0.2, -0.15) is 8.42 Å². The molecule has 3 heterocycles. The van der Waals surface area contributed by atoms with Gasteiger partial charge in [-0.15, -0.1) is 0 Å². The van der Waals surface area contributed by atoms with Gasteiger partial charge in [0.25, 0.3) is 5.91 Å². The molecule has 0 aromatic heterocycles. The molecule has 0 aliphatic carbocycles. The number of phenols is 1. The number of hydrogen-bond donors (Lipinski definition) is 5. The fraction of sp³-hybridized carbons (Fsp3) is 0.400. The van der Waals surface area contributed by atoms with Gasteiger partial charge >= 0.3 is 10.2 Å². The Morgan fingerprint density at radius 1 is 0.944 bits per heavy atom. The molecule has 1 atom stereocenters. The number of ether oxygens (including phenoxy) is 2. The molecule has 3 aliphatic rings. The van der Waals surface area contributed by atoms with Crippen molar-refractivity contribution >= 4 is 67.6 Å². The second kappa shape index (κ2) is 16.5. The Kier molecular flexibility index (Phi) is 11.7. The summed E-state index contributed by atoms with van der Waals surface area (Å²) in [5, 5.41) is 18.7. The highest BCUT2D eigenvalue weighted by atomic mass is 32.2. The summed E-state index contributed by atoms with van der Waals surface area (Å²) in [5.74, 6) is -3.23. The van der Waals surface area contributed by atoms with Crippen LogP contribution in [0.4, 0.5) is 21.5 Å². The van der Waals surface area contributed by atoms with Crippen molar-refractivity contribution in [3.05, 3.63) is 54.3 Å². The van der Waals surface area contributed by atoms with Gasteiger partial charge in [0.05, 0.1) is 26.2 Å². The van der Waals surface area contributed by atoms with Crippen LogP contribution in [0, 0.1) is 5.82 Å². The molecule has 3 saturated heterocycles. The van der Waals surface area contributed by atoms with Gasteiger partial charge in [0.15, 0.2) is 5.82 Å². The van der Waals surface area contributed by atoms with E-state index in [9.17, 15) is 37.5 Å². The van der Waals surface area contributed by atoms with Gasteiger partial charge in [0, 0.05) is 55.8 Å². The van der Waals surface area contributed by atoms with Crippen LogP contribution >= 0.6 is 0 Å². The van der Waals surface area contributed by atoms with Crippen molar-refractivity contribution in [1.29, 1.82) is 0 Å². The lowest BCUT2D eigenvalue weighted by Crippen LogP contribution is -2.49. The average Bonchev–Trinajstić information content (AvgIpc) is 3.42. The number of fused-ring (bicyclic) bond motifs is 1. The van der Waals surface area contributed by atoms with E-state index in [0.29, 0.717) is 43.3 Å². The summed E-state index contributed by atoms with van der Waals surface area (Å²) < 4.78 is 53.2. The number of rotatable bonds is 14. The summed E-state index contributed by atoms with van der Waals surface area (Å²) in [4.78, 5) is 63.9. The van der Waals surface area contributed by atoms with E-state index in [1.165, 1.54) is 24.3 Å².